The summed E-state index contributed by atoms with van der Waals surface area (Å²) in [7, 11) is -2.26. The van der Waals surface area contributed by atoms with E-state index in [2.05, 4.69) is 0 Å². The predicted octanol–water partition coefficient (Wildman–Crippen LogP) is 1.10. The summed E-state index contributed by atoms with van der Waals surface area (Å²) >= 11 is 0. The first-order chi connectivity index (χ1) is 9.54. The summed E-state index contributed by atoms with van der Waals surface area (Å²) in [5.74, 6) is 0.187. The number of ether oxygens (including phenoxy) is 1. The van der Waals surface area contributed by atoms with Gasteiger partial charge in [0.15, 0.2) is 0 Å². The summed E-state index contributed by atoms with van der Waals surface area (Å²) in [6, 6.07) is 6.12. The van der Waals surface area contributed by atoms with Gasteiger partial charge in [0.2, 0.25) is 10.0 Å². The Balaban J connectivity index is 0.00000220. The maximum absolute atomic E-state index is 12.7. The Hall–Kier alpha value is -1.33. The van der Waals surface area contributed by atoms with Crippen molar-refractivity contribution in [3.05, 3.63) is 23.8 Å². The summed E-state index contributed by atoms with van der Waals surface area (Å²) in [5, 5.41) is 8.86. The molecule has 1 aliphatic heterocycles. The molecule has 2 N–H and O–H groups in total. The molecule has 1 fully saturated rings. The van der Waals surface area contributed by atoms with Crippen LogP contribution in [0.1, 0.15) is 18.4 Å². The lowest BCUT2D eigenvalue weighted by Crippen LogP contribution is -2.39. The first-order valence-corrected chi connectivity index (χ1v) is 7.78. The van der Waals surface area contributed by atoms with E-state index in [1.54, 1.807) is 0 Å². The molecule has 2 rings (SSSR count). The number of methoxy groups -OCH3 is 1. The minimum Gasteiger partial charge on any atom is -0.495 e. The van der Waals surface area contributed by atoms with E-state index < -0.39 is 10.0 Å². The Morgan fingerprint density at radius 3 is 2.81 bits per heavy atom. The molecule has 116 valence electrons. The van der Waals surface area contributed by atoms with E-state index in [1.165, 1.54) is 29.6 Å². The average molecular weight is 332 g/mol. The first kappa shape index (κ1) is 17.7. The van der Waals surface area contributed by atoms with E-state index in [0.717, 1.165) is 12.8 Å². The lowest BCUT2D eigenvalue weighted by atomic mass is 10.2. The molecular formula is C13H18ClN3O3S. The zero-order chi connectivity index (χ0) is 14.8. The van der Waals surface area contributed by atoms with Gasteiger partial charge in [-0.15, -0.1) is 12.4 Å². The zero-order valence-electron chi connectivity index (χ0n) is 11.7. The molecule has 1 aliphatic rings. The molecule has 0 saturated carbocycles. The van der Waals surface area contributed by atoms with Crippen LogP contribution in [0.4, 0.5) is 0 Å². The molecule has 1 aromatic rings. The first-order valence-electron chi connectivity index (χ1n) is 6.34. The molecule has 0 aliphatic carbocycles. The summed E-state index contributed by atoms with van der Waals surface area (Å²) < 4.78 is 31.9. The van der Waals surface area contributed by atoms with Crippen LogP contribution in [0.15, 0.2) is 23.1 Å². The predicted molar refractivity (Wildman–Crippen MR) is 80.9 cm³/mol. The van der Waals surface area contributed by atoms with Crippen molar-refractivity contribution in [3.63, 3.8) is 0 Å². The van der Waals surface area contributed by atoms with Crippen molar-refractivity contribution in [3.8, 4) is 11.8 Å². The highest BCUT2D eigenvalue weighted by molar-refractivity contribution is 7.89. The maximum Gasteiger partial charge on any atom is 0.247 e. The van der Waals surface area contributed by atoms with Gasteiger partial charge < -0.3 is 10.5 Å². The van der Waals surface area contributed by atoms with Crippen LogP contribution in [0.3, 0.4) is 0 Å². The smallest absolute Gasteiger partial charge is 0.247 e. The van der Waals surface area contributed by atoms with Gasteiger partial charge >= 0.3 is 0 Å². The van der Waals surface area contributed by atoms with Crippen molar-refractivity contribution >= 4 is 22.4 Å². The Morgan fingerprint density at radius 1 is 1.52 bits per heavy atom. The van der Waals surface area contributed by atoms with Gasteiger partial charge in [-0.3, -0.25) is 0 Å². The molecule has 1 unspecified atom stereocenters. The molecule has 0 bridgehead atoms. The standard InChI is InChI=1S/C13H17N3O3S.ClH/c1-19-12-7-10(8-14)4-5-13(12)20(17,18)16-6-2-3-11(16)9-15;/h4-5,7,11H,2-3,6,9,15H2,1H3;1H. The largest absolute Gasteiger partial charge is 0.495 e. The number of hydrogen-bond acceptors (Lipinski definition) is 5. The van der Waals surface area contributed by atoms with Gasteiger partial charge in [0.05, 0.1) is 18.7 Å². The zero-order valence-corrected chi connectivity index (χ0v) is 13.3. The van der Waals surface area contributed by atoms with E-state index in [-0.39, 0.29) is 29.1 Å². The van der Waals surface area contributed by atoms with Gasteiger partial charge in [0, 0.05) is 19.1 Å². The van der Waals surface area contributed by atoms with Crippen LogP contribution in [0.25, 0.3) is 0 Å². The molecular weight excluding hydrogens is 314 g/mol. The third-order valence-electron chi connectivity index (χ3n) is 3.47. The fourth-order valence-corrected chi connectivity index (χ4v) is 4.28. The van der Waals surface area contributed by atoms with Gasteiger partial charge in [0.25, 0.3) is 0 Å². The number of nitrogens with two attached hydrogens (primary N) is 1. The lowest BCUT2D eigenvalue weighted by molar-refractivity contribution is 0.379. The van der Waals surface area contributed by atoms with E-state index in [1.807, 2.05) is 6.07 Å². The second-order valence-electron chi connectivity index (χ2n) is 4.62. The average Bonchev–Trinajstić information content (AvgIpc) is 2.95. The maximum atomic E-state index is 12.7. The SMILES string of the molecule is COc1cc(C#N)ccc1S(=O)(=O)N1CCCC1CN.Cl. The summed E-state index contributed by atoms with van der Waals surface area (Å²) in [6.07, 6.45) is 1.58. The van der Waals surface area contributed by atoms with Crippen LogP contribution in [0.5, 0.6) is 5.75 Å². The number of rotatable bonds is 4. The van der Waals surface area contributed by atoms with Crippen LogP contribution in [-0.2, 0) is 10.0 Å². The number of benzene rings is 1. The minimum absolute atomic E-state index is 0. The van der Waals surface area contributed by atoms with Crippen molar-refractivity contribution in [2.75, 3.05) is 20.2 Å². The van der Waals surface area contributed by atoms with E-state index in [0.29, 0.717) is 18.7 Å². The summed E-state index contributed by atoms with van der Waals surface area (Å²) in [5.41, 5.74) is 5.99. The van der Waals surface area contributed by atoms with Crippen molar-refractivity contribution in [1.29, 1.82) is 5.26 Å². The van der Waals surface area contributed by atoms with E-state index in [4.69, 9.17) is 15.7 Å². The number of nitrogens with zero attached hydrogens (tertiary/aromatic N) is 2. The van der Waals surface area contributed by atoms with E-state index in [9.17, 15) is 8.42 Å². The molecule has 1 aromatic carbocycles. The van der Waals surface area contributed by atoms with E-state index >= 15 is 0 Å². The highest BCUT2D eigenvalue weighted by atomic mass is 35.5. The van der Waals surface area contributed by atoms with Crippen LogP contribution < -0.4 is 10.5 Å². The fourth-order valence-electron chi connectivity index (χ4n) is 2.44. The third-order valence-corrected chi connectivity index (χ3v) is 5.47. The second kappa shape index (κ2) is 7.09. The number of nitriles is 1. The quantitative estimate of drug-likeness (QED) is 0.891. The topological polar surface area (TPSA) is 96.4 Å². The van der Waals surface area contributed by atoms with Gasteiger partial charge in [-0.05, 0) is 31.0 Å². The Morgan fingerprint density at radius 2 is 2.24 bits per heavy atom. The molecule has 21 heavy (non-hydrogen) atoms. The molecule has 6 nitrogen and oxygen atoms in total. The number of hydrogen-bond donors (Lipinski definition) is 1. The Kier molecular flexibility index (Phi) is 5.98. The Labute approximate surface area is 130 Å². The van der Waals surface area contributed by atoms with Crippen LogP contribution in [-0.4, -0.2) is 39.0 Å². The minimum atomic E-state index is -3.65. The van der Waals surface area contributed by atoms with Gasteiger partial charge in [-0.2, -0.15) is 9.57 Å². The normalized spacial score (nSPS) is 18.8. The monoisotopic (exact) mass is 331 g/mol. The number of sulfonamides is 1. The van der Waals surface area contributed by atoms with Crippen molar-refractivity contribution in [2.45, 2.75) is 23.8 Å². The van der Waals surface area contributed by atoms with Gasteiger partial charge in [-0.1, -0.05) is 0 Å². The Bertz CT molecular complexity index is 643. The van der Waals surface area contributed by atoms with Crippen LogP contribution in [0.2, 0.25) is 0 Å². The molecule has 0 amide bonds. The molecule has 1 saturated heterocycles. The molecule has 1 heterocycles. The molecule has 0 radical (unpaired) electrons. The van der Waals surface area contributed by atoms with Crippen LogP contribution >= 0.6 is 12.4 Å². The third kappa shape index (κ3) is 3.30. The molecule has 0 aromatic heterocycles. The van der Waals surface area contributed by atoms with Gasteiger partial charge in [0.1, 0.15) is 10.6 Å². The fraction of sp³-hybridized carbons (Fsp3) is 0.462. The van der Waals surface area contributed by atoms with Crippen molar-refractivity contribution in [2.24, 2.45) is 5.73 Å². The van der Waals surface area contributed by atoms with Crippen molar-refractivity contribution < 1.29 is 13.2 Å². The molecule has 1 atom stereocenters. The summed E-state index contributed by atoms with van der Waals surface area (Å²) in [4.78, 5) is 0.0827. The second-order valence-corrected chi connectivity index (χ2v) is 6.48. The highest BCUT2D eigenvalue weighted by Gasteiger charge is 2.36. The molecule has 0 spiro atoms. The number of halogens is 1. The van der Waals surface area contributed by atoms with Crippen LogP contribution in [0, 0.1) is 11.3 Å². The van der Waals surface area contributed by atoms with Crippen molar-refractivity contribution in [1.82, 2.24) is 4.31 Å². The highest BCUT2D eigenvalue weighted by Crippen LogP contribution is 2.31. The molecule has 8 heteroatoms. The lowest BCUT2D eigenvalue weighted by Gasteiger charge is -2.23. The van der Waals surface area contributed by atoms with Gasteiger partial charge in [-0.25, -0.2) is 8.42 Å². The summed E-state index contributed by atoms with van der Waals surface area (Å²) in [6.45, 7) is 0.769.